The monoisotopic (exact) mass is 445 g/mol. The average Bonchev–Trinajstić information content (AvgIpc) is 2.28. The number of hydrogen-bond donors (Lipinski definition) is 0. The van der Waals surface area contributed by atoms with Crippen molar-refractivity contribution in [3.63, 3.8) is 0 Å². The molecule has 0 aromatic heterocycles. The van der Waals surface area contributed by atoms with Gasteiger partial charge in [-0.2, -0.15) is 0 Å². The van der Waals surface area contributed by atoms with Gasteiger partial charge in [-0.25, -0.2) is 0 Å². The van der Waals surface area contributed by atoms with Crippen molar-refractivity contribution < 1.29 is 51.4 Å². The van der Waals surface area contributed by atoms with E-state index >= 15 is 0 Å². The molecule has 26 heavy (non-hydrogen) atoms. The zero-order valence-corrected chi connectivity index (χ0v) is 26.1. The molecule has 0 N–H and O–H groups in total. The summed E-state index contributed by atoms with van der Waals surface area (Å²) in [7, 11) is 9.23. The first-order valence-electron chi connectivity index (χ1n) is 9.12. The largest absolute Gasteiger partial charge is 1.00 e. The van der Waals surface area contributed by atoms with E-state index in [1.807, 2.05) is 0 Å². The maximum absolute atomic E-state index is 2.61. The van der Waals surface area contributed by atoms with Gasteiger partial charge in [0, 0.05) is 26.2 Å². The van der Waals surface area contributed by atoms with Gasteiger partial charge >= 0.3 is 51.4 Å². The predicted octanol–water partition coefficient (Wildman–Crippen LogP) is -0.483. The number of rotatable bonds is 8. The van der Waals surface area contributed by atoms with Gasteiger partial charge in [-0.3, -0.25) is 6.76 Å². The van der Waals surface area contributed by atoms with Crippen LogP contribution in [0, 0.1) is 0 Å². The Kier molecular flexibility index (Phi) is 18.2. The maximum atomic E-state index is 2.61. The van der Waals surface area contributed by atoms with Crippen LogP contribution in [0.25, 0.3) is 0 Å². The van der Waals surface area contributed by atoms with E-state index in [1.165, 1.54) is 0 Å². The maximum Gasteiger partial charge on any atom is 1.00 e. The van der Waals surface area contributed by atoms with Crippen molar-refractivity contribution in [2.24, 2.45) is 0 Å². The molecule has 0 rings (SSSR count). The molecule has 0 spiro atoms. The molecule has 0 unspecified atom stereocenters. The number of likely N-dealkylation sites (N-methyl/N-ethyl adjacent to an activating group) is 3. The fourth-order valence-electron chi connectivity index (χ4n) is 3.32. The molecule has 0 fully saturated rings. The van der Waals surface area contributed by atoms with Gasteiger partial charge in [0.15, 0.2) is 0 Å². The Morgan fingerprint density at radius 1 is 0.692 bits per heavy atom. The van der Waals surface area contributed by atoms with Crippen LogP contribution < -0.4 is 51.4 Å². The molecular formula is C18H50BKN3PSi2. The first-order valence-corrected chi connectivity index (χ1v) is 18.4. The van der Waals surface area contributed by atoms with E-state index < -0.39 is 22.9 Å². The summed E-state index contributed by atoms with van der Waals surface area (Å²) in [4.78, 5) is 6.79. The molecule has 0 aliphatic carbocycles. The van der Waals surface area contributed by atoms with Crippen LogP contribution in [0.3, 0.4) is 0 Å². The van der Waals surface area contributed by atoms with Crippen LogP contribution >= 0.6 is 6.76 Å². The number of hydrogen-bond acceptors (Lipinski definition) is 3. The van der Waals surface area contributed by atoms with Crippen molar-refractivity contribution in [1.82, 2.24) is 14.7 Å². The third-order valence-corrected chi connectivity index (χ3v) is 18.7. The Morgan fingerprint density at radius 3 is 1.08 bits per heavy atom. The predicted molar refractivity (Wildman–Crippen MR) is 135 cm³/mol. The molecule has 0 radical (unpaired) electrons. The normalized spacial score (nSPS) is 12.8. The summed E-state index contributed by atoms with van der Waals surface area (Å²) >= 11 is 0. The minimum Gasteiger partial charge on any atom is -0.308 e. The van der Waals surface area contributed by atoms with Gasteiger partial charge < -0.3 is 14.7 Å². The zero-order valence-electron chi connectivity index (χ0n) is 20.1. The van der Waals surface area contributed by atoms with Gasteiger partial charge in [-0.1, -0.05) is 52.6 Å². The molecular weight excluding hydrogens is 395 g/mol. The van der Waals surface area contributed by atoms with E-state index in [-0.39, 0.29) is 51.4 Å². The molecule has 0 aliphatic rings. The van der Waals surface area contributed by atoms with Crippen LogP contribution in [0.5, 0.6) is 0 Å². The van der Waals surface area contributed by atoms with Gasteiger partial charge in [0.05, 0.1) is 16.1 Å². The van der Waals surface area contributed by atoms with Crippen LogP contribution in [-0.2, 0) is 0 Å². The summed E-state index contributed by atoms with van der Waals surface area (Å²) in [6.45, 7) is 24.7. The van der Waals surface area contributed by atoms with Crippen molar-refractivity contribution in [3.05, 3.63) is 0 Å². The van der Waals surface area contributed by atoms with Crippen molar-refractivity contribution in [2.75, 3.05) is 74.7 Å². The summed E-state index contributed by atoms with van der Waals surface area (Å²) in [6.07, 6.45) is 0. The van der Waals surface area contributed by atoms with E-state index in [2.05, 4.69) is 107 Å². The summed E-state index contributed by atoms with van der Waals surface area (Å²) in [5.74, 6) is 0. The first kappa shape index (κ1) is 33.0. The third-order valence-electron chi connectivity index (χ3n) is 3.73. The Bertz CT molecular complexity index is 391. The molecule has 154 valence electrons. The van der Waals surface area contributed by atoms with E-state index in [4.69, 9.17) is 0 Å². The van der Waals surface area contributed by atoms with Crippen LogP contribution in [0.2, 0.25) is 39.3 Å². The molecule has 0 heterocycles. The van der Waals surface area contributed by atoms with Crippen molar-refractivity contribution in [1.29, 1.82) is 0 Å². The smallest absolute Gasteiger partial charge is 0.308 e. The zero-order chi connectivity index (χ0) is 20.6. The van der Waals surface area contributed by atoms with E-state index in [9.17, 15) is 0 Å². The molecule has 3 nitrogen and oxygen atoms in total. The fourth-order valence-corrected chi connectivity index (χ4v) is 23.1. The van der Waals surface area contributed by atoms with Crippen LogP contribution in [-0.4, -0.2) is 118 Å². The molecule has 0 amide bonds. The van der Waals surface area contributed by atoms with Crippen molar-refractivity contribution in [2.45, 2.75) is 39.3 Å². The minimum atomic E-state index is -0.967. The Balaban J connectivity index is -0.000000393. The van der Waals surface area contributed by atoms with Crippen LogP contribution in [0.15, 0.2) is 0 Å². The average molecular weight is 446 g/mol. The van der Waals surface area contributed by atoms with E-state index in [0.717, 1.165) is 26.2 Å². The summed E-state index contributed by atoms with van der Waals surface area (Å²) in [5.41, 5.74) is 0. The molecule has 0 aromatic rings. The molecule has 0 saturated heterocycles. The molecule has 8 heteroatoms. The Hall–Kier alpha value is 2.32. The van der Waals surface area contributed by atoms with E-state index in [0.29, 0.717) is 7.57 Å². The summed E-state index contributed by atoms with van der Waals surface area (Å²) < 4.78 is 2.15. The third kappa shape index (κ3) is 18.4. The van der Waals surface area contributed by atoms with Gasteiger partial charge in [0.1, 0.15) is 0 Å². The molecule has 0 aliphatic heterocycles. The van der Waals surface area contributed by atoms with E-state index in [1.54, 1.807) is 0 Å². The fraction of sp³-hybridized carbons (Fsp3) is 0.944. The molecule has 0 aromatic carbocycles. The molecule has 0 saturated carbocycles. The van der Waals surface area contributed by atoms with Crippen molar-refractivity contribution in [3.8, 4) is 0 Å². The topological polar surface area (TPSA) is 9.72 Å². The van der Waals surface area contributed by atoms with Crippen LogP contribution in [0.4, 0.5) is 0 Å². The summed E-state index contributed by atoms with van der Waals surface area (Å²) in [6, 6.07) is 0. The van der Waals surface area contributed by atoms with Gasteiger partial charge in [0.2, 0.25) is 0 Å². The number of nitrogens with zero attached hydrogens (tertiary/aromatic N) is 3. The Labute approximate surface area is 212 Å². The van der Waals surface area contributed by atoms with Crippen LogP contribution in [0.1, 0.15) is 0 Å². The molecule has 0 atom stereocenters. The standard InChI is InChI=1S/C9H27BPSi2.C9H23N3.K/c1-11(2,10)9(12(3,4)5)13(6,7)8;1-10(2)6-8-12(5)9-7-11(3)4;/h1-8,10H3;6-9H2,1-5H3;/q-1;;+1. The van der Waals surface area contributed by atoms with Gasteiger partial charge in [-0.05, 0) is 42.8 Å². The van der Waals surface area contributed by atoms with Crippen molar-refractivity contribution >= 4 is 35.0 Å². The first-order chi connectivity index (χ1) is 10.9. The second-order valence-electron chi connectivity index (χ2n) is 9.65. The second-order valence-corrected chi connectivity index (χ2v) is 23.2. The van der Waals surface area contributed by atoms with Gasteiger partial charge in [-0.15, -0.1) is 4.54 Å². The quantitative estimate of drug-likeness (QED) is 0.369. The van der Waals surface area contributed by atoms with Gasteiger partial charge in [0.25, 0.3) is 0 Å². The second kappa shape index (κ2) is 14.3. The Morgan fingerprint density at radius 2 is 0.962 bits per heavy atom. The SMILES string of the molecule is CN(C)CCN(C)CCN(C)C.[BH3-]P(C)(C)=C([Si](C)(C)C)[Si](C)(C)C.[K+]. The summed E-state index contributed by atoms with van der Waals surface area (Å²) in [5, 5.41) is 0. The minimum absolute atomic E-state index is 0. The molecule has 0 bridgehead atoms.